The number of aryl methyl sites for hydroxylation is 1. The van der Waals surface area contributed by atoms with Gasteiger partial charge in [-0.1, -0.05) is 44.2 Å². The number of nitrogens with one attached hydrogen (secondary N) is 1. The Morgan fingerprint density at radius 1 is 1.00 bits per heavy atom. The average Bonchev–Trinajstić information content (AvgIpc) is 3.07. The van der Waals surface area contributed by atoms with E-state index in [0.29, 0.717) is 30.9 Å². The Kier molecular flexibility index (Phi) is 6.92. The Morgan fingerprint density at radius 2 is 1.61 bits per heavy atom. The van der Waals surface area contributed by atoms with Gasteiger partial charge in [-0.3, -0.25) is 4.79 Å². The number of sulfonamides is 1. The third-order valence-corrected chi connectivity index (χ3v) is 7.30. The van der Waals surface area contributed by atoms with Gasteiger partial charge in [0, 0.05) is 19.6 Å². The van der Waals surface area contributed by atoms with Gasteiger partial charge in [-0.15, -0.1) is 0 Å². The van der Waals surface area contributed by atoms with Crippen molar-refractivity contribution in [2.75, 3.05) is 13.1 Å². The first kappa shape index (κ1) is 22.7. The van der Waals surface area contributed by atoms with Crippen molar-refractivity contribution < 1.29 is 13.2 Å². The molecule has 3 aromatic rings. The highest BCUT2D eigenvalue weighted by Crippen LogP contribution is 2.19. The average molecular weight is 441 g/mol. The molecule has 0 fully saturated rings. The maximum atomic E-state index is 12.8. The molecule has 0 aliphatic rings. The quantitative estimate of drug-likeness (QED) is 0.581. The van der Waals surface area contributed by atoms with Crippen LogP contribution in [-0.4, -0.2) is 41.5 Å². The number of nitrogens with zero attached hydrogens (tertiary/aromatic N) is 3. The second kappa shape index (κ2) is 9.45. The van der Waals surface area contributed by atoms with Gasteiger partial charge in [-0.05, 0) is 43.7 Å². The summed E-state index contributed by atoms with van der Waals surface area (Å²) in [7, 11) is -3.49. The zero-order chi connectivity index (χ0) is 22.6. The predicted octanol–water partition coefficient (Wildman–Crippen LogP) is 3.45. The lowest BCUT2D eigenvalue weighted by molar-refractivity contribution is 0.0949. The minimum atomic E-state index is -3.49. The molecule has 0 unspecified atom stereocenters. The zero-order valence-corrected chi connectivity index (χ0v) is 19.1. The van der Waals surface area contributed by atoms with Gasteiger partial charge >= 0.3 is 0 Å². The number of hydrogen-bond acceptors (Lipinski definition) is 4. The van der Waals surface area contributed by atoms with E-state index in [9.17, 15) is 13.2 Å². The minimum absolute atomic E-state index is 0.211. The lowest BCUT2D eigenvalue weighted by Crippen LogP contribution is -2.30. The van der Waals surface area contributed by atoms with Gasteiger partial charge in [-0.25, -0.2) is 13.1 Å². The number of benzene rings is 2. The molecule has 0 aliphatic heterocycles. The van der Waals surface area contributed by atoms with Crippen LogP contribution in [0.3, 0.4) is 0 Å². The third kappa shape index (κ3) is 4.70. The Balaban J connectivity index is 1.73. The van der Waals surface area contributed by atoms with Crippen molar-refractivity contribution in [3.63, 3.8) is 0 Å². The number of carbonyl (C=O) groups is 1. The molecule has 0 atom stereocenters. The van der Waals surface area contributed by atoms with Crippen molar-refractivity contribution in [2.24, 2.45) is 0 Å². The standard InChI is InChI=1S/C23H28N4O3S/c1-5-26(6-2)31(29,30)21-14-12-19(13-15-21)16-24-23(28)22-17(3)25-27(18(22)4)20-10-8-7-9-11-20/h7-15H,5-6,16H2,1-4H3,(H,24,28). The van der Waals surface area contributed by atoms with Gasteiger partial charge in [0.05, 0.1) is 27.5 Å². The van der Waals surface area contributed by atoms with Crippen molar-refractivity contribution in [3.8, 4) is 5.69 Å². The summed E-state index contributed by atoms with van der Waals surface area (Å²) < 4.78 is 28.4. The largest absolute Gasteiger partial charge is 0.348 e. The lowest BCUT2D eigenvalue weighted by Gasteiger charge is -2.18. The van der Waals surface area contributed by atoms with E-state index < -0.39 is 10.0 Å². The molecular weight excluding hydrogens is 412 g/mol. The summed E-state index contributed by atoms with van der Waals surface area (Å²) in [6, 6.07) is 16.3. The number of para-hydroxylation sites is 1. The molecule has 3 rings (SSSR count). The topological polar surface area (TPSA) is 84.3 Å². The molecule has 0 bridgehead atoms. The van der Waals surface area contributed by atoms with E-state index in [-0.39, 0.29) is 10.8 Å². The van der Waals surface area contributed by atoms with Crippen LogP contribution in [0, 0.1) is 13.8 Å². The number of hydrogen-bond donors (Lipinski definition) is 1. The highest BCUT2D eigenvalue weighted by molar-refractivity contribution is 7.89. The van der Waals surface area contributed by atoms with Crippen LogP contribution in [0.4, 0.5) is 0 Å². The minimum Gasteiger partial charge on any atom is -0.348 e. The predicted molar refractivity (Wildman–Crippen MR) is 121 cm³/mol. The first-order valence-corrected chi connectivity index (χ1v) is 11.7. The molecule has 1 aromatic heterocycles. The van der Waals surface area contributed by atoms with E-state index in [0.717, 1.165) is 16.9 Å². The van der Waals surface area contributed by atoms with Gasteiger partial charge in [0.15, 0.2) is 0 Å². The Hall–Kier alpha value is -2.97. The van der Waals surface area contributed by atoms with Crippen LogP contribution in [0.15, 0.2) is 59.5 Å². The van der Waals surface area contributed by atoms with Crippen LogP contribution in [0.1, 0.15) is 41.2 Å². The molecule has 0 aliphatic carbocycles. The van der Waals surface area contributed by atoms with Gasteiger partial charge in [0.25, 0.3) is 5.91 Å². The molecule has 1 amide bonds. The van der Waals surface area contributed by atoms with Crippen molar-refractivity contribution >= 4 is 15.9 Å². The lowest BCUT2D eigenvalue weighted by atomic mass is 10.1. The molecule has 0 saturated heterocycles. The van der Waals surface area contributed by atoms with E-state index >= 15 is 0 Å². The highest BCUT2D eigenvalue weighted by Gasteiger charge is 2.22. The van der Waals surface area contributed by atoms with Crippen LogP contribution in [0.2, 0.25) is 0 Å². The zero-order valence-electron chi connectivity index (χ0n) is 18.3. The highest BCUT2D eigenvalue weighted by atomic mass is 32.2. The molecular formula is C23H28N4O3S. The second-order valence-corrected chi connectivity index (χ2v) is 9.15. The van der Waals surface area contributed by atoms with Crippen LogP contribution in [0.25, 0.3) is 5.69 Å². The van der Waals surface area contributed by atoms with E-state index in [1.165, 1.54) is 4.31 Å². The summed E-state index contributed by atoms with van der Waals surface area (Å²) in [5.41, 5.74) is 3.68. The molecule has 1 N–H and O–H groups in total. The van der Waals surface area contributed by atoms with Crippen LogP contribution >= 0.6 is 0 Å². The van der Waals surface area contributed by atoms with E-state index in [2.05, 4.69) is 10.4 Å². The number of aromatic nitrogens is 2. The fraction of sp³-hybridized carbons (Fsp3) is 0.304. The monoisotopic (exact) mass is 440 g/mol. The molecule has 0 radical (unpaired) electrons. The fourth-order valence-corrected chi connectivity index (χ4v) is 5.01. The van der Waals surface area contributed by atoms with E-state index in [1.807, 2.05) is 58.0 Å². The van der Waals surface area contributed by atoms with Crippen LogP contribution in [0.5, 0.6) is 0 Å². The Labute approximate surface area is 183 Å². The maximum Gasteiger partial charge on any atom is 0.255 e. The normalized spacial score (nSPS) is 11.6. The second-order valence-electron chi connectivity index (χ2n) is 7.21. The fourth-order valence-electron chi connectivity index (χ4n) is 3.55. The van der Waals surface area contributed by atoms with Crippen molar-refractivity contribution in [1.82, 2.24) is 19.4 Å². The molecule has 7 nitrogen and oxygen atoms in total. The van der Waals surface area contributed by atoms with Gasteiger partial charge in [-0.2, -0.15) is 9.40 Å². The number of carbonyl (C=O) groups excluding carboxylic acids is 1. The summed E-state index contributed by atoms with van der Waals surface area (Å²) in [5, 5.41) is 7.43. The van der Waals surface area contributed by atoms with Gasteiger partial charge < -0.3 is 5.32 Å². The molecule has 31 heavy (non-hydrogen) atoms. The first-order chi connectivity index (χ1) is 14.8. The molecule has 0 saturated carbocycles. The number of rotatable bonds is 8. The van der Waals surface area contributed by atoms with Crippen LogP contribution < -0.4 is 5.32 Å². The Bertz CT molecular complexity index is 1150. The smallest absolute Gasteiger partial charge is 0.255 e. The Morgan fingerprint density at radius 3 is 2.19 bits per heavy atom. The van der Waals surface area contributed by atoms with E-state index in [4.69, 9.17) is 0 Å². The van der Waals surface area contributed by atoms with E-state index in [1.54, 1.807) is 28.9 Å². The maximum absolute atomic E-state index is 12.8. The van der Waals surface area contributed by atoms with Crippen molar-refractivity contribution in [3.05, 3.63) is 77.1 Å². The summed E-state index contributed by atoms with van der Waals surface area (Å²) in [6.45, 7) is 8.45. The third-order valence-electron chi connectivity index (χ3n) is 5.24. The van der Waals surface area contributed by atoms with Crippen molar-refractivity contribution in [1.29, 1.82) is 0 Å². The SMILES string of the molecule is CCN(CC)S(=O)(=O)c1ccc(CNC(=O)c2c(C)nn(-c3ccccc3)c2C)cc1. The van der Waals surface area contributed by atoms with Crippen molar-refractivity contribution in [2.45, 2.75) is 39.1 Å². The molecule has 0 spiro atoms. The molecule has 8 heteroatoms. The molecule has 1 heterocycles. The molecule has 2 aromatic carbocycles. The number of amides is 1. The van der Waals surface area contributed by atoms with Gasteiger partial charge in [0.1, 0.15) is 0 Å². The summed E-state index contributed by atoms with van der Waals surface area (Å²) >= 11 is 0. The van der Waals surface area contributed by atoms with Crippen LogP contribution in [-0.2, 0) is 16.6 Å². The van der Waals surface area contributed by atoms with Gasteiger partial charge in [0.2, 0.25) is 10.0 Å². The summed E-state index contributed by atoms with van der Waals surface area (Å²) in [4.78, 5) is 13.1. The first-order valence-electron chi connectivity index (χ1n) is 10.3. The summed E-state index contributed by atoms with van der Waals surface area (Å²) in [6.07, 6.45) is 0. The molecule has 164 valence electrons. The summed E-state index contributed by atoms with van der Waals surface area (Å²) in [5.74, 6) is -0.211.